The molecule has 2 aliphatic heterocycles. The summed E-state index contributed by atoms with van der Waals surface area (Å²) in [5, 5.41) is 0. The minimum atomic E-state index is 0.234. The van der Waals surface area contributed by atoms with Gasteiger partial charge in [0, 0.05) is 32.1 Å². The third-order valence-electron chi connectivity index (χ3n) is 5.48. The summed E-state index contributed by atoms with van der Waals surface area (Å²) in [6, 6.07) is 8.68. The van der Waals surface area contributed by atoms with Crippen molar-refractivity contribution in [1.29, 1.82) is 0 Å². The summed E-state index contributed by atoms with van der Waals surface area (Å²) >= 11 is 0. The Kier molecular flexibility index (Phi) is 6.19. The van der Waals surface area contributed by atoms with Crippen LogP contribution < -0.4 is 9.47 Å². The lowest BCUT2D eigenvalue weighted by Gasteiger charge is -2.34. The first kappa shape index (κ1) is 18.1. The van der Waals surface area contributed by atoms with Crippen molar-refractivity contribution in [2.24, 2.45) is 0 Å². The second kappa shape index (κ2) is 8.56. The van der Waals surface area contributed by atoms with Crippen LogP contribution in [0.3, 0.4) is 0 Å². The molecule has 138 valence electrons. The molecule has 5 nitrogen and oxygen atoms in total. The number of carbonyl (C=O) groups excluding carboxylic acids is 1. The predicted octanol–water partition coefficient (Wildman–Crippen LogP) is 2.94. The van der Waals surface area contributed by atoms with E-state index >= 15 is 0 Å². The van der Waals surface area contributed by atoms with E-state index in [9.17, 15) is 4.79 Å². The first-order valence-electron chi connectivity index (χ1n) is 9.47. The zero-order valence-corrected chi connectivity index (χ0v) is 15.4. The van der Waals surface area contributed by atoms with Crippen LogP contribution in [-0.4, -0.2) is 61.1 Å². The second-order valence-corrected chi connectivity index (χ2v) is 7.05. The molecule has 0 unspecified atom stereocenters. The summed E-state index contributed by atoms with van der Waals surface area (Å²) < 4.78 is 11.0. The molecule has 2 atom stereocenters. The molecular formula is C20H30N2O3. The number of amides is 1. The molecule has 2 saturated heterocycles. The van der Waals surface area contributed by atoms with Gasteiger partial charge in [-0.2, -0.15) is 0 Å². The first-order valence-corrected chi connectivity index (χ1v) is 9.47. The van der Waals surface area contributed by atoms with E-state index in [0.29, 0.717) is 12.1 Å². The largest absolute Gasteiger partial charge is 0.497 e. The van der Waals surface area contributed by atoms with Gasteiger partial charge in [0.2, 0.25) is 5.91 Å². The van der Waals surface area contributed by atoms with Gasteiger partial charge in [0.05, 0.1) is 13.7 Å². The number of hydrogen-bond acceptors (Lipinski definition) is 4. The Morgan fingerprint density at radius 1 is 1.08 bits per heavy atom. The molecule has 0 aliphatic carbocycles. The van der Waals surface area contributed by atoms with Gasteiger partial charge in [-0.25, -0.2) is 0 Å². The molecule has 3 rings (SSSR count). The van der Waals surface area contributed by atoms with Crippen molar-refractivity contribution in [3.63, 3.8) is 0 Å². The summed E-state index contributed by atoms with van der Waals surface area (Å²) in [4.78, 5) is 16.5. The molecule has 0 radical (unpaired) electrons. The van der Waals surface area contributed by atoms with Crippen LogP contribution in [0.2, 0.25) is 0 Å². The Morgan fingerprint density at radius 2 is 1.76 bits per heavy atom. The summed E-state index contributed by atoms with van der Waals surface area (Å²) in [6.45, 7) is 5.56. The van der Waals surface area contributed by atoms with Crippen molar-refractivity contribution < 1.29 is 14.3 Å². The topological polar surface area (TPSA) is 42.0 Å². The maximum atomic E-state index is 11.9. The number of methoxy groups -OCH3 is 1. The number of hydrogen-bond donors (Lipinski definition) is 0. The normalized spacial score (nSPS) is 23.8. The van der Waals surface area contributed by atoms with Gasteiger partial charge in [-0.05, 0) is 62.9 Å². The molecule has 1 aromatic rings. The Bertz CT molecular complexity index is 561. The Morgan fingerprint density at radius 3 is 2.48 bits per heavy atom. The highest BCUT2D eigenvalue weighted by Gasteiger charge is 2.38. The highest BCUT2D eigenvalue weighted by Crippen LogP contribution is 2.30. The fourth-order valence-corrected chi connectivity index (χ4v) is 4.28. The van der Waals surface area contributed by atoms with E-state index in [4.69, 9.17) is 9.47 Å². The van der Waals surface area contributed by atoms with Crippen LogP contribution in [0.5, 0.6) is 11.5 Å². The fourth-order valence-electron chi connectivity index (χ4n) is 4.28. The Balaban J connectivity index is 1.44. The number of likely N-dealkylation sites (tertiary alicyclic amines) is 2. The van der Waals surface area contributed by atoms with Gasteiger partial charge in [-0.3, -0.25) is 9.69 Å². The van der Waals surface area contributed by atoms with E-state index in [1.807, 2.05) is 24.3 Å². The lowest BCUT2D eigenvalue weighted by atomic mass is 10.0. The number of carbonyl (C=O) groups is 1. The average molecular weight is 346 g/mol. The van der Waals surface area contributed by atoms with Gasteiger partial charge >= 0.3 is 0 Å². The van der Waals surface area contributed by atoms with Gasteiger partial charge in [0.1, 0.15) is 11.5 Å². The van der Waals surface area contributed by atoms with Crippen LogP contribution in [0, 0.1) is 0 Å². The smallest absolute Gasteiger partial charge is 0.219 e. The lowest BCUT2D eigenvalue weighted by Crippen LogP contribution is -2.48. The van der Waals surface area contributed by atoms with Crippen molar-refractivity contribution in [1.82, 2.24) is 9.80 Å². The van der Waals surface area contributed by atoms with Crippen LogP contribution in [0.4, 0.5) is 0 Å². The summed E-state index contributed by atoms with van der Waals surface area (Å²) in [5.74, 6) is 1.97. The van der Waals surface area contributed by atoms with Gasteiger partial charge in [0.25, 0.3) is 0 Å². The monoisotopic (exact) mass is 346 g/mol. The minimum absolute atomic E-state index is 0.234. The third kappa shape index (κ3) is 4.46. The van der Waals surface area contributed by atoms with E-state index in [1.165, 1.54) is 12.8 Å². The fraction of sp³-hybridized carbons (Fsp3) is 0.650. The van der Waals surface area contributed by atoms with E-state index < -0.39 is 0 Å². The number of ether oxygens (including phenoxy) is 2. The maximum Gasteiger partial charge on any atom is 0.219 e. The quantitative estimate of drug-likeness (QED) is 0.712. The van der Waals surface area contributed by atoms with Crippen molar-refractivity contribution in [2.45, 2.75) is 51.1 Å². The van der Waals surface area contributed by atoms with Crippen LogP contribution >= 0.6 is 0 Å². The summed E-state index contributed by atoms with van der Waals surface area (Å²) in [5.41, 5.74) is 0. The van der Waals surface area contributed by atoms with E-state index in [-0.39, 0.29) is 5.91 Å². The van der Waals surface area contributed by atoms with Gasteiger partial charge in [-0.1, -0.05) is 0 Å². The summed E-state index contributed by atoms with van der Waals surface area (Å²) in [7, 11) is 1.67. The number of nitrogens with zero attached hydrogens (tertiary/aromatic N) is 2. The van der Waals surface area contributed by atoms with E-state index in [0.717, 1.165) is 57.0 Å². The highest BCUT2D eigenvalue weighted by molar-refractivity contribution is 5.74. The van der Waals surface area contributed by atoms with Crippen LogP contribution in [0.15, 0.2) is 24.3 Å². The molecule has 5 heteroatoms. The molecule has 2 aliphatic rings. The average Bonchev–Trinajstić information content (AvgIpc) is 3.27. The molecule has 2 heterocycles. The zero-order chi connectivity index (χ0) is 17.6. The molecule has 0 spiro atoms. The van der Waals surface area contributed by atoms with Crippen molar-refractivity contribution in [3.8, 4) is 11.5 Å². The van der Waals surface area contributed by atoms with Crippen molar-refractivity contribution in [3.05, 3.63) is 24.3 Å². The summed E-state index contributed by atoms with van der Waals surface area (Å²) in [6.07, 6.45) is 5.77. The molecule has 0 bridgehead atoms. The number of benzene rings is 1. The molecule has 1 amide bonds. The molecule has 2 fully saturated rings. The van der Waals surface area contributed by atoms with E-state index in [1.54, 1.807) is 14.0 Å². The maximum absolute atomic E-state index is 11.9. The molecule has 0 saturated carbocycles. The zero-order valence-electron chi connectivity index (χ0n) is 15.4. The van der Waals surface area contributed by atoms with Crippen molar-refractivity contribution in [2.75, 3.05) is 33.4 Å². The van der Waals surface area contributed by atoms with Gasteiger partial charge < -0.3 is 14.4 Å². The second-order valence-electron chi connectivity index (χ2n) is 7.05. The SMILES string of the molecule is COc1ccc(OCCCN2CCC[C@H]2[C@H]2CCCN2C(C)=O)cc1. The first-order chi connectivity index (χ1) is 12.2. The Labute approximate surface area is 150 Å². The van der Waals surface area contributed by atoms with Crippen LogP contribution in [0.25, 0.3) is 0 Å². The standard InChI is InChI=1S/C20H30N2O3/c1-16(23)22-14-4-7-20(22)19-6-3-12-21(19)13-5-15-25-18-10-8-17(24-2)9-11-18/h8-11,19-20H,3-7,12-15H2,1-2H3/t19-,20+/m0/s1. The molecular weight excluding hydrogens is 316 g/mol. The highest BCUT2D eigenvalue weighted by atomic mass is 16.5. The third-order valence-corrected chi connectivity index (χ3v) is 5.48. The minimum Gasteiger partial charge on any atom is -0.497 e. The lowest BCUT2D eigenvalue weighted by molar-refractivity contribution is -0.130. The molecule has 0 aromatic heterocycles. The predicted molar refractivity (Wildman–Crippen MR) is 98.1 cm³/mol. The van der Waals surface area contributed by atoms with Crippen LogP contribution in [0.1, 0.15) is 39.0 Å². The number of rotatable bonds is 7. The van der Waals surface area contributed by atoms with Crippen molar-refractivity contribution >= 4 is 5.91 Å². The molecule has 1 aromatic carbocycles. The van der Waals surface area contributed by atoms with Gasteiger partial charge in [0.15, 0.2) is 0 Å². The molecule has 25 heavy (non-hydrogen) atoms. The van der Waals surface area contributed by atoms with Gasteiger partial charge in [-0.15, -0.1) is 0 Å². The molecule has 0 N–H and O–H groups in total. The Hall–Kier alpha value is -1.75. The van der Waals surface area contributed by atoms with Crippen LogP contribution in [-0.2, 0) is 4.79 Å². The van der Waals surface area contributed by atoms with E-state index in [2.05, 4.69) is 9.80 Å².